The monoisotopic (exact) mass is 261 g/mol. The van der Waals surface area contributed by atoms with Crippen molar-refractivity contribution in [2.45, 2.75) is 20.3 Å². The Balaban J connectivity index is 2.05. The molecule has 0 saturated carbocycles. The summed E-state index contributed by atoms with van der Waals surface area (Å²) in [7, 11) is 0. The molecule has 0 aliphatic rings. The van der Waals surface area contributed by atoms with Crippen LogP contribution in [0.2, 0.25) is 0 Å². The molecule has 0 aliphatic heterocycles. The molecule has 0 bridgehead atoms. The van der Waals surface area contributed by atoms with Gasteiger partial charge in [0.15, 0.2) is 5.82 Å². The van der Waals surface area contributed by atoms with Crippen LogP contribution < -0.4 is 5.73 Å². The standard InChI is InChI=1S/C13H19N5O/c1-3-18(4-2)8-6-12-16-13(19-17-12)10-5-7-15-9-11(10)14/h5,7,9H,3-4,6,8,14H2,1-2H3. The van der Waals surface area contributed by atoms with Crippen LogP contribution in [0, 0.1) is 0 Å². The van der Waals surface area contributed by atoms with Crippen molar-refractivity contribution in [3.05, 3.63) is 24.3 Å². The minimum atomic E-state index is 0.453. The van der Waals surface area contributed by atoms with E-state index in [1.807, 2.05) is 0 Å². The number of pyridine rings is 1. The number of nitrogens with two attached hydrogens (primary N) is 1. The third-order valence-electron chi connectivity index (χ3n) is 3.10. The lowest BCUT2D eigenvalue weighted by atomic mass is 10.2. The van der Waals surface area contributed by atoms with E-state index < -0.39 is 0 Å². The van der Waals surface area contributed by atoms with Gasteiger partial charge in [0.2, 0.25) is 0 Å². The fourth-order valence-corrected chi connectivity index (χ4v) is 1.86. The number of nitrogen functional groups attached to an aromatic ring is 1. The second kappa shape index (κ2) is 6.29. The summed E-state index contributed by atoms with van der Waals surface area (Å²) in [4.78, 5) is 10.6. The van der Waals surface area contributed by atoms with Crippen molar-refractivity contribution in [3.8, 4) is 11.5 Å². The van der Waals surface area contributed by atoms with Crippen LogP contribution in [0.1, 0.15) is 19.7 Å². The third kappa shape index (κ3) is 3.29. The van der Waals surface area contributed by atoms with Crippen LogP contribution in [-0.2, 0) is 6.42 Å². The predicted molar refractivity (Wildman–Crippen MR) is 73.4 cm³/mol. The first-order chi connectivity index (χ1) is 9.24. The van der Waals surface area contributed by atoms with Crippen molar-refractivity contribution in [2.75, 3.05) is 25.4 Å². The molecule has 0 aliphatic carbocycles. The molecule has 6 heteroatoms. The summed E-state index contributed by atoms with van der Waals surface area (Å²) >= 11 is 0. The molecule has 0 radical (unpaired) electrons. The highest BCUT2D eigenvalue weighted by Gasteiger charge is 2.12. The molecular weight excluding hydrogens is 242 g/mol. The molecule has 0 amide bonds. The van der Waals surface area contributed by atoms with Gasteiger partial charge in [0.05, 0.1) is 17.4 Å². The van der Waals surface area contributed by atoms with Crippen LogP contribution in [0.15, 0.2) is 23.0 Å². The van der Waals surface area contributed by atoms with Gasteiger partial charge in [0.1, 0.15) is 0 Å². The zero-order chi connectivity index (χ0) is 13.7. The van der Waals surface area contributed by atoms with E-state index in [0.29, 0.717) is 17.4 Å². The summed E-state index contributed by atoms with van der Waals surface area (Å²) in [6.07, 6.45) is 4.01. The topological polar surface area (TPSA) is 81.1 Å². The number of aromatic nitrogens is 3. The average Bonchev–Trinajstić information content (AvgIpc) is 2.89. The van der Waals surface area contributed by atoms with Crippen LogP contribution >= 0.6 is 0 Å². The molecule has 2 aromatic rings. The van der Waals surface area contributed by atoms with Crippen LogP contribution in [0.4, 0.5) is 5.69 Å². The third-order valence-corrected chi connectivity index (χ3v) is 3.10. The molecule has 0 spiro atoms. The fourth-order valence-electron chi connectivity index (χ4n) is 1.86. The zero-order valence-electron chi connectivity index (χ0n) is 11.3. The van der Waals surface area contributed by atoms with E-state index in [-0.39, 0.29) is 0 Å². The lowest BCUT2D eigenvalue weighted by Gasteiger charge is -2.16. The molecule has 0 fully saturated rings. The number of likely N-dealkylation sites (N-methyl/N-ethyl adjacent to an activating group) is 1. The molecule has 0 aromatic carbocycles. The first-order valence-electron chi connectivity index (χ1n) is 6.49. The molecule has 2 N–H and O–H groups in total. The van der Waals surface area contributed by atoms with E-state index in [1.165, 1.54) is 0 Å². The average molecular weight is 261 g/mol. The van der Waals surface area contributed by atoms with E-state index in [0.717, 1.165) is 31.6 Å². The summed E-state index contributed by atoms with van der Waals surface area (Å²) in [5.41, 5.74) is 7.10. The quantitative estimate of drug-likeness (QED) is 0.850. The van der Waals surface area contributed by atoms with Gasteiger partial charge < -0.3 is 15.2 Å². The van der Waals surface area contributed by atoms with Gasteiger partial charge in [-0.1, -0.05) is 19.0 Å². The van der Waals surface area contributed by atoms with Crippen LogP contribution in [0.5, 0.6) is 0 Å². The summed E-state index contributed by atoms with van der Waals surface area (Å²) in [6.45, 7) is 7.26. The molecule has 102 valence electrons. The summed E-state index contributed by atoms with van der Waals surface area (Å²) in [5.74, 6) is 1.16. The normalized spacial score (nSPS) is 11.1. The van der Waals surface area contributed by atoms with Gasteiger partial charge in [-0.3, -0.25) is 4.98 Å². The Labute approximate surface area is 112 Å². The van der Waals surface area contributed by atoms with E-state index in [9.17, 15) is 0 Å². The molecule has 2 aromatic heterocycles. The second-order valence-electron chi connectivity index (χ2n) is 4.26. The van der Waals surface area contributed by atoms with Crippen molar-refractivity contribution in [1.82, 2.24) is 20.0 Å². The Hall–Kier alpha value is -1.95. The SMILES string of the molecule is CCN(CC)CCc1noc(-c2ccncc2N)n1. The summed E-state index contributed by atoms with van der Waals surface area (Å²) in [5, 5.41) is 3.99. The number of hydrogen-bond acceptors (Lipinski definition) is 6. The van der Waals surface area contributed by atoms with Crippen molar-refractivity contribution in [3.63, 3.8) is 0 Å². The molecule has 0 atom stereocenters. The number of hydrogen-bond donors (Lipinski definition) is 1. The Morgan fingerprint density at radius 2 is 2.11 bits per heavy atom. The van der Waals surface area contributed by atoms with Gasteiger partial charge in [-0.2, -0.15) is 4.98 Å². The highest BCUT2D eigenvalue weighted by Crippen LogP contribution is 2.22. The Morgan fingerprint density at radius 1 is 1.32 bits per heavy atom. The van der Waals surface area contributed by atoms with Crippen LogP contribution in [-0.4, -0.2) is 39.7 Å². The lowest BCUT2D eigenvalue weighted by Crippen LogP contribution is -2.25. The number of rotatable bonds is 6. The maximum absolute atomic E-state index is 5.83. The maximum Gasteiger partial charge on any atom is 0.260 e. The van der Waals surface area contributed by atoms with Gasteiger partial charge in [-0.05, 0) is 19.2 Å². The fraction of sp³-hybridized carbons (Fsp3) is 0.462. The Morgan fingerprint density at radius 3 is 2.79 bits per heavy atom. The minimum absolute atomic E-state index is 0.453. The molecule has 19 heavy (non-hydrogen) atoms. The van der Waals surface area contributed by atoms with Crippen molar-refractivity contribution in [2.24, 2.45) is 0 Å². The van der Waals surface area contributed by atoms with Crippen molar-refractivity contribution < 1.29 is 4.52 Å². The largest absolute Gasteiger partial charge is 0.397 e. The van der Waals surface area contributed by atoms with Crippen LogP contribution in [0.3, 0.4) is 0 Å². The molecule has 0 saturated heterocycles. The number of nitrogens with zero attached hydrogens (tertiary/aromatic N) is 4. The molecule has 6 nitrogen and oxygen atoms in total. The Kier molecular flexibility index (Phi) is 4.46. The summed E-state index contributed by atoms with van der Waals surface area (Å²) in [6, 6.07) is 1.77. The highest BCUT2D eigenvalue weighted by atomic mass is 16.5. The second-order valence-corrected chi connectivity index (χ2v) is 4.26. The maximum atomic E-state index is 5.83. The van der Waals surface area contributed by atoms with Crippen LogP contribution in [0.25, 0.3) is 11.5 Å². The van der Waals surface area contributed by atoms with E-state index in [2.05, 4.69) is 33.9 Å². The van der Waals surface area contributed by atoms with Gasteiger partial charge in [0, 0.05) is 19.2 Å². The molecule has 2 rings (SSSR count). The lowest BCUT2D eigenvalue weighted by molar-refractivity contribution is 0.303. The van der Waals surface area contributed by atoms with Gasteiger partial charge in [0.25, 0.3) is 5.89 Å². The summed E-state index contributed by atoms with van der Waals surface area (Å²) < 4.78 is 5.24. The number of anilines is 1. The zero-order valence-corrected chi connectivity index (χ0v) is 11.3. The predicted octanol–water partition coefficient (Wildman–Crippen LogP) is 1.60. The van der Waals surface area contributed by atoms with E-state index in [1.54, 1.807) is 18.5 Å². The van der Waals surface area contributed by atoms with E-state index in [4.69, 9.17) is 10.3 Å². The van der Waals surface area contributed by atoms with Gasteiger partial charge in [-0.25, -0.2) is 0 Å². The van der Waals surface area contributed by atoms with Gasteiger partial charge in [-0.15, -0.1) is 0 Å². The van der Waals surface area contributed by atoms with Crippen molar-refractivity contribution in [1.29, 1.82) is 0 Å². The minimum Gasteiger partial charge on any atom is -0.397 e. The Bertz CT molecular complexity index is 521. The first-order valence-corrected chi connectivity index (χ1v) is 6.49. The molecule has 2 heterocycles. The molecule has 0 unspecified atom stereocenters. The molecular formula is C13H19N5O. The highest BCUT2D eigenvalue weighted by molar-refractivity contribution is 5.68. The van der Waals surface area contributed by atoms with E-state index >= 15 is 0 Å². The van der Waals surface area contributed by atoms with Crippen molar-refractivity contribution >= 4 is 5.69 Å². The smallest absolute Gasteiger partial charge is 0.260 e. The van der Waals surface area contributed by atoms with Gasteiger partial charge >= 0.3 is 0 Å². The first kappa shape index (κ1) is 13.5.